The second kappa shape index (κ2) is 10.4. The Morgan fingerprint density at radius 3 is 1.88 bits per heavy atom. The van der Waals surface area contributed by atoms with Gasteiger partial charge in [0.25, 0.3) is 0 Å². The molecule has 0 radical (unpaired) electrons. The Balaban J connectivity index is 0.000000487. The predicted octanol–water partition coefficient (Wildman–Crippen LogP) is 4.65. The summed E-state index contributed by atoms with van der Waals surface area (Å²) < 4.78 is 0. The first-order chi connectivity index (χ1) is 7.78. The van der Waals surface area contributed by atoms with Gasteiger partial charge >= 0.3 is 0 Å². The third-order valence-electron chi connectivity index (χ3n) is 2.43. The minimum Gasteiger partial charge on any atom is -0.298 e. The Bertz CT molecular complexity index is 259. The van der Waals surface area contributed by atoms with Crippen molar-refractivity contribution in [1.29, 1.82) is 0 Å². The molecule has 1 heteroatoms. The lowest BCUT2D eigenvalue weighted by atomic mass is 10.1. The summed E-state index contributed by atoms with van der Waals surface area (Å²) in [5.74, 6) is 0. The van der Waals surface area contributed by atoms with Crippen molar-refractivity contribution in [2.24, 2.45) is 0 Å². The molecule has 1 aromatic carbocycles. The molecule has 1 rings (SSSR count). The van der Waals surface area contributed by atoms with Crippen LogP contribution in [0.3, 0.4) is 0 Å². The van der Waals surface area contributed by atoms with Crippen LogP contribution >= 0.6 is 0 Å². The van der Waals surface area contributed by atoms with Crippen molar-refractivity contribution < 1.29 is 4.79 Å². The maximum Gasteiger partial charge on any atom is 0.150 e. The van der Waals surface area contributed by atoms with E-state index in [4.69, 9.17) is 0 Å². The van der Waals surface area contributed by atoms with Crippen LogP contribution < -0.4 is 0 Å². The van der Waals surface area contributed by atoms with Crippen LogP contribution in [0.5, 0.6) is 0 Å². The monoisotopic (exact) mass is 220 g/mol. The van der Waals surface area contributed by atoms with E-state index in [0.29, 0.717) is 0 Å². The zero-order valence-corrected chi connectivity index (χ0v) is 10.8. The summed E-state index contributed by atoms with van der Waals surface area (Å²) >= 11 is 0. The zero-order valence-electron chi connectivity index (χ0n) is 10.8. The van der Waals surface area contributed by atoms with Crippen LogP contribution in [0.2, 0.25) is 0 Å². The van der Waals surface area contributed by atoms with Gasteiger partial charge in [0.15, 0.2) is 0 Å². The molecule has 0 aliphatic heterocycles. The quantitative estimate of drug-likeness (QED) is 0.660. The molecular weight excluding hydrogens is 196 g/mol. The zero-order chi connectivity index (χ0) is 12.2. The van der Waals surface area contributed by atoms with Gasteiger partial charge < -0.3 is 0 Å². The summed E-state index contributed by atoms with van der Waals surface area (Å²) in [6.45, 7) is 6.54. The molecule has 0 amide bonds. The van der Waals surface area contributed by atoms with Crippen molar-refractivity contribution >= 4 is 6.29 Å². The molecule has 0 atom stereocenters. The minimum absolute atomic E-state index is 0.759. The van der Waals surface area contributed by atoms with E-state index >= 15 is 0 Å². The van der Waals surface area contributed by atoms with Crippen LogP contribution in [0.4, 0.5) is 0 Å². The van der Waals surface area contributed by atoms with E-state index in [9.17, 15) is 4.79 Å². The van der Waals surface area contributed by atoms with Crippen molar-refractivity contribution in [1.82, 2.24) is 0 Å². The lowest BCUT2D eigenvalue weighted by Gasteiger charge is -1.98. The molecule has 0 spiro atoms. The number of hydrogen-bond donors (Lipinski definition) is 0. The lowest BCUT2D eigenvalue weighted by molar-refractivity contribution is 0.112. The Hall–Kier alpha value is -1.11. The maximum atomic E-state index is 10.3. The largest absolute Gasteiger partial charge is 0.298 e. The fourth-order valence-electron chi connectivity index (χ4n) is 1.14. The van der Waals surface area contributed by atoms with Crippen molar-refractivity contribution in [3.05, 3.63) is 35.4 Å². The first-order valence-electron chi connectivity index (χ1n) is 6.32. The highest BCUT2D eigenvalue weighted by Gasteiger charge is 1.92. The second-order valence-corrected chi connectivity index (χ2v) is 3.96. The number of aldehydes is 1. The van der Waals surface area contributed by atoms with Crippen LogP contribution in [0.25, 0.3) is 0 Å². The smallest absolute Gasteiger partial charge is 0.150 e. The number of aryl methyl sites for hydroxylation is 1. The molecular formula is C15H24O. The van der Waals surface area contributed by atoms with Gasteiger partial charge in [0.05, 0.1) is 0 Å². The summed E-state index contributed by atoms with van der Waals surface area (Å²) in [5.41, 5.74) is 2.08. The van der Waals surface area contributed by atoms with Gasteiger partial charge in [-0.2, -0.15) is 0 Å². The highest BCUT2D eigenvalue weighted by molar-refractivity contribution is 5.74. The average molecular weight is 220 g/mol. The molecule has 0 saturated heterocycles. The van der Waals surface area contributed by atoms with E-state index in [2.05, 4.69) is 20.8 Å². The summed E-state index contributed by atoms with van der Waals surface area (Å²) in [7, 11) is 0. The van der Waals surface area contributed by atoms with Crippen LogP contribution in [-0.4, -0.2) is 6.29 Å². The third kappa shape index (κ3) is 7.22. The van der Waals surface area contributed by atoms with Gasteiger partial charge in [-0.1, -0.05) is 64.3 Å². The van der Waals surface area contributed by atoms with Crippen molar-refractivity contribution in [2.45, 2.75) is 52.9 Å². The summed E-state index contributed by atoms with van der Waals surface area (Å²) in [6, 6.07) is 7.80. The van der Waals surface area contributed by atoms with Gasteiger partial charge in [-0.15, -0.1) is 0 Å². The molecule has 0 bridgehead atoms. The summed E-state index contributed by atoms with van der Waals surface area (Å²) in [5, 5.41) is 0. The van der Waals surface area contributed by atoms with Crippen LogP contribution in [0.15, 0.2) is 24.3 Å². The third-order valence-corrected chi connectivity index (χ3v) is 2.43. The molecule has 0 N–H and O–H groups in total. The molecule has 1 nitrogen and oxygen atoms in total. The van der Waals surface area contributed by atoms with Crippen molar-refractivity contribution in [3.8, 4) is 0 Å². The minimum atomic E-state index is 0.759. The van der Waals surface area contributed by atoms with E-state index < -0.39 is 0 Å². The Labute approximate surface area is 99.9 Å². The lowest BCUT2D eigenvalue weighted by Crippen LogP contribution is -1.85. The van der Waals surface area contributed by atoms with Gasteiger partial charge in [0, 0.05) is 5.56 Å². The van der Waals surface area contributed by atoms with Crippen LogP contribution in [0, 0.1) is 0 Å². The summed E-state index contributed by atoms with van der Waals surface area (Å²) in [4.78, 5) is 10.3. The molecule has 1 aromatic rings. The van der Waals surface area contributed by atoms with E-state index in [1.807, 2.05) is 24.3 Å². The number of rotatable bonds is 5. The topological polar surface area (TPSA) is 17.1 Å². The number of benzene rings is 1. The van der Waals surface area contributed by atoms with Crippen molar-refractivity contribution in [2.75, 3.05) is 0 Å². The number of carbonyl (C=O) groups excluding carboxylic acids is 1. The van der Waals surface area contributed by atoms with Gasteiger partial charge in [-0.25, -0.2) is 0 Å². The number of carbonyl (C=O) groups is 1. The van der Waals surface area contributed by atoms with Crippen LogP contribution in [0.1, 0.15) is 62.4 Å². The Morgan fingerprint density at radius 1 is 0.938 bits per heavy atom. The van der Waals surface area contributed by atoms with E-state index in [0.717, 1.165) is 18.3 Å². The van der Waals surface area contributed by atoms with Crippen LogP contribution in [-0.2, 0) is 6.42 Å². The fourth-order valence-corrected chi connectivity index (χ4v) is 1.14. The van der Waals surface area contributed by atoms with Gasteiger partial charge in [-0.05, 0) is 18.4 Å². The average Bonchev–Trinajstić information content (AvgIpc) is 2.37. The number of hydrogen-bond acceptors (Lipinski definition) is 1. The Kier molecular flexibility index (Phi) is 9.69. The standard InChI is InChI=1S/C11H14O.C4H10/c1-2-3-4-10-5-7-11(9-12)8-6-10;1-3-4-2/h5-9H,2-4H2,1H3;3-4H2,1-2H3. The molecule has 90 valence electrons. The van der Waals surface area contributed by atoms with Gasteiger partial charge in [-0.3, -0.25) is 4.79 Å². The normalized spacial score (nSPS) is 9.19. The molecule has 0 aromatic heterocycles. The first-order valence-corrected chi connectivity index (χ1v) is 6.32. The second-order valence-electron chi connectivity index (χ2n) is 3.96. The number of unbranched alkanes of at least 4 members (excludes halogenated alkanes) is 2. The molecule has 0 aliphatic carbocycles. The molecule has 0 heterocycles. The SMILES string of the molecule is CCCC.CCCCc1ccc(C=O)cc1. The van der Waals surface area contributed by atoms with Gasteiger partial charge in [0.1, 0.15) is 6.29 Å². The Morgan fingerprint density at radius 2 is 1.50 bits per heavy atom. The predicted molar refractivity (Wildman–Crippen MR) is 71.0 cm³/mol. The van der Waals surface area contributed by atoms with E-state index in [1.165, 1.54) is 31.2 Å². The van der Waals surface area contributed by atoms with E-state index in [-0.39, 0.29) is 0 Å². The molecule has 0 unspecified atom stereocenters. The summed E-state index contributed by atoms with van der Waals surface area (Å²) in [6.07, 6.45) is 7.08. The van der Waals surface area contributed by atoms with Crippen molar-refractivity contribution in [3.63, 3.8) is 0 Å². The first kappa shape index (κ1) is 14.9. The fraction of sp³-hybridized carbons (Fsp3) is 0.533. The highest BCUT2D eigenvalue weighted by atomic mass is 16.1. The van der Waals surface area contributed by atoms with E-state index in [1.54, 1.807) is 0 Å². The molecule has 16 heavy (non-hydrogen) atoms. The van der Waals surface area contributed by atoms with Gasteiger partial charge in [0.2, 0.25) is 0 Å². The maximum absolute atomic E-state index is 10.3. The molecule has 0 aliphatic rings. The highest BCUT2D eigenvalue weighted by Crippen LogP contribution is 2.06. The molecule has 0 fully saturated rings. The molecule has 0 saturated carbocycles.